The molecule has 0 heterocycles. The number of anilines is 1. The summed E-state index contributed by atoms with van der Waals surface area (Å²) in [5.41, 5.74) is 4.04. The van der Waals surface area contributed by atoms with Gasteiger partial charge in [0.15, 0.2) is 0 Å². The van der Waals surface area contributed by atoms with Crippen LogP contribution in [0.4, 0.5) is 5.69 Å². The van der Waals surface area contributed by atoms with Gasteiger partial charge >= 0.3 is 0 Å². The molecule has 41 heavy (non-hydrogen) atoms. The molecule has 0 radical (unpaired) electrons. The summed E-state index contributed by atoms with van der Waals surface area (Å²) >= 11 is 6.14. The Labute approximate surface area is 246 Å². The largest absolute Gasteiger partial charge is 0.497 e. The summed E-state index contributed by atoms with van der Waals surface area (Å²) < 4.78 is 10.8. The zero-order valence-corrected chi connectivity index (χ0v) is 24.5. The molecule has 4 aromatic rings. The van der Waals surface area contributed by atoms with Crippen molar-refractivity contribution in [2.24, 2.45) is 0 Å². The summed E-state index contributed by atoms with van der Waals surface area (Å²) in [7, 11) is 3.10. The molecule has 0 aromatic heterocycles. The number of methoxy groups -OCH3 is 2. The highest BCUT2D eigenvalue weighted by Gasteiger charge is 2.32. The molecule has 7 heteroatoms. The van der Waals surface area contributed by atoms with Crippen molar-refractivity contribution in [1.29, 1.82) is 0 Å². The summed E-state index contributed by atoms with van der Waals surface area (Å²) in [6.45, 7) is 4.45. The van der Waals surface area contributed by atoms with Gasteiger partial charge in [-0.2, -0.15) is 0 Å². The van der Waals surface area contributed by atoms with E-state index in [1.165, 1.54) is 7.11 Å². The molecule has 4 rings (SSSR count). The van der Waals surface area contributed by atoms with E-state index in [9.17, 15) is 9.59 Å². The van der Waals surface area contributed by atoms with Gasteiger partial charge in [0.1, 0.15) is 17.5 Å². The van der Waals surface area contributed by atoms with Crippen molar-refractivity contribution in [1.82, 2.24) is 4.90 Å². The number of nitrogens with zero attached hydrogens (tertiary/aromatic N) is 1. The van der Waals surface area contributed by atoms with Crippen molar-refractivity contribution < 1.29 is 19.1 Å². The van der Waals surface area contributed by atoms with Gasteiger partial charge in [-0.3, -0.25) is 9.59 Å². The number of carbonyl (C=O) groups is 2. The van der Waals surface area contributed by atoms with Crippen LogP contribution in [-0.2, 0) is 22.6 Å². The van der Waals surface area contributed by atoms with Crippen LogP contribution in [-0.4, -0.2) is 30.9 Å². The number of hydrogen-bond donors (Lipinski definition) is 1. The third kappa shape index (κ3) is 7.68. The van der Waals surface area contributed by atoms with Crippen LogP contribution >= 0.6 is 11.6 Å². The van der Waals surface area contributed by atoms with Gasteiger partial charge in [-0.1, -0.05) is 92.2 Å². The molecule has 212 valence electrons. The van der Waals surface area contributed by atoms with Gasteiger partial charge in [0.2, 0.25) is 5.91 Å². The second-order valence-corrected chi connectivity index (χ2v) is 10.5. The summed E-state index contributed by atoms with van der Waals surface area (Å²) in [6.07, 6.45) is 0.147. The Hall–Kier alpha value is -4.29. The average Bonchev–Trinajstić information content (AvgIpc) is 2.98. The quantitative estimate of drug-likeness (QED) is 0.203. The summed E-state index contributed by atoms with van der Waals surface area (Å²) in [4.78, 5) is 29.8. The predicted molar refractivity (Wildman–Crippen MR) is 164 cm³/mol. The fourth-order valence-corrected chi connectivity index (χ4v) is 4.75. The molecular formula is C34H35ClN2O4. The number of carbonyl (C=O) groups excluding carboxylic acids is 2. The van der Waals surface area contributed by atoms with E-state index in [4.69, 9.17) is 21.1 Å². The minimum Gasteiger partial charge on any atom is -0.497 e. The lowest BCUT2D eigenvalue weighted by molar-refractivity contribution is -0.139. The zero-order chi connectivity index (χ0) is 29.4. The average molecular weight is 571 g/mol. The first-order chi connectivity index (χ1) is 19.8. The SMILES string of the molecule is COc1ccc(NC(=O)C(c2ccc(C(C)C)cc2)N(Cc2ccc(Cl)cc2)C(=O)Cc2ccccc2)c(OC)c1. The fourth-order valence-electron chi connectivity index (χ4n) is 4.62. The Kier molecular flexibility index (Phi) is 10.0. The van der Waals surface area contributed by atoms with E-state index in [-0.39, 0.29) is 24.8 Å². The number of hydrogen-bond acceptors (Lipinski definition) is 4. The molecule has 0 aliphatic rings. The highest BCUT2D eigenvalue weighted by Crippen LogP contribution is 2.32. The molecule has 1 N–H and O–H groups in total. The van der Waals surface area contributed by atoms with Crippen LogP contribution in [0.15, 0.2) is 97.1 Å². The van der Waals surface area contributed by atoms with Gasteiger partial charge in [0.25, 0.3) is 5.91 Å². The maximum atomic E-state index is 14.2. The molecule has 0 aliphatic carbocycles. The first-order valence-electron chi connectivity index (χ1n) is 13.5. The molecule has 0 spiro atoms. The number of halogens is 1. The first kappa shape index (κ1) is 29.7. The number of nitrogens with one attached hydrogen (secondary N) is 1. The molecule has 1 atom stereocenters. The van der Waals surface area contributed by atoms with Crippen molar-refractivity contribution >= 4 is 29.1 Å². The standard InChI is InChI=1S/C34H35ClN2O4/c1-23(2)26-12-14-27(15-13-26)33(34(39)36-30-19-18-29(40-3)21-31(30)41-4)37(22-25-10-16-28(35)17-11-25)32(38)20-24-8-6-5-7-9-24/h5-19,21,23,33H,20,22H2,1-4H3,(H,36,39). The van der Waals surface area contributed by atoms with Crippen LogP contribution < -0.4 is 14.8 Å². The van der Waals surface area contributed by atoms with Crippen molar-refractivity contribution in [2.45, 2.75) is 38.8 Å². The van der Waals surface area contributed by atoms with Gasteiger partial charge in [-0.05, 0) is 52.4 Å². The van der Waals surface area contributed by atoms with Crippen LogP contribution in [0.1, 0.15) is 48.1 Å². The third-order valence-electron chi connectivity index (χ3n) is 6.93. The van der Waals surface area contributed by atoms with Crippen LogP contribution in [0.25, 0.3) is 0 Å². The molecule has 6 nitrogen and oxygen atoms in total. The highest BCUT2D eigenvalue weighted by atomic mass is 35.5. The summed E-state index contributed by atoms with van der Waals surface area (Å²) in [5.74, 6) is 0.835. The first-order valence-corrected chi connectivity index (χ1v) is 13.9. The van der Waals surface area contributed by atoms with Crippen molar-refractivity contribution in [3.63, 3.8) is 0 Å². The predicted octanol–water partition coefficient (Wildman–Crippen LogP) is 7.43. The van der Waals surface area contributed by atoms with E-state index < -0.39 is 6.04 Å². The van der Waals surface area contributed by atoms with E-state index in [1.807, 2.05) is 66.7 Å². The second kappa shape index (κ2) is 13.9. The van der Waals surface area contributed by atoms with Crippen molar-refractivity contribution in [3.05, 3.63) is 124 Å². The lowest BCUT2D eigenvalue weighted by Gasteiger charge is -2.32. The summed E-state index contributed by atoms with van der Waals surface area (Å²) in [5, 5.41) is 3.61. The van der Waals surface area contributed by atoms with E-state index >= 15 is 0 Å². The topological polar surface area (TPSA) is 67.9 Å². The van der Waals surface area contributed by atoms with Crippen LogP contribution in [0.5, 0.6) is 11.5 Å². The Morgan fingerprint density at radius 1 is 0.805 bits per heavy atom. The maximum Gasteiger partial charge on any atom is 0.251 e. The van der Waals surface area contributed by atoms with Gasteiger partial charge in [-0.25, -0.2) is 0 Å². The van der Waals surface area contributed by atoms with E-state index in [2.05, 4.69) is 19.2 Å². The number of amides is 2. The van der Waals surface area contributed by atoms with Crippen LogP contribution in [0, 0.1) is 0 Å². The van der Waals surface area contributed by atoms with Crippen LogP contribution in [0.2, 0.25) is 5.02 Å². The molecule has 0 aliphatic heterocycles. The van der Waals surface area contributed by atoms with E-state index in [0.717, 1.165) is 16.7 Å². The molecular weight excluding hydrogens is 536 g/mol. The van der Waals surface area contributed by atoms with E-state index in [0.29, 0.717) is 33.7 Å². The lowest BCUT2D eigenvalue weighted by Crippen LogP contribution is -2.41. The number of rotatable bonds is 11. The molecule has 0 saturated carbocycles. The molecule has 2 amide bonds. The van der Waals surface area contributed by atoms with Crippen molar-refractivity contribution in [3.8, 4) is 11.5 Å². The Balaban J connectivity index is 1.78. The maximum absolute atomic E-state index is 14.2. The molecule has 0 bridgehead atoms. The van der Waals surface area contributed by atoms with Crippen molar-refractivity contribution in [2.75, 3.05) is 19.5 Å². The van der Waals surface area contributed by atoms with Gasteiger partial charge in [-0.15, -0.1) is 0 Å². The molecule has 0 fully saturated rings. The minimum absolute atomic E-state index is 0.147. The smallest absolute Gasteiger partial charge is 0.251 e. The van der Waals surface area contributed by atoms with E-state index in [1.54, 1.807) is 42.3 Å². The number of benzene rings is 4. The lowest BCUT2D eigenvalue weighted by atomic mass is 9.97. The highest BCUT2D eigenvalue weighted by molar-refractivity contribution is 6.30. The third-order valence-corrected chi connectivity index (χ3v) is 7.18. The normalized spacial score (nSPS) is 11.6. The Morgan fingerprint density at radius 3 is 2.07 bits per heavy atom. The Morgan fingerprint density at radius 2 is 1.46 bits per heavy atom. The molecule has 4 aromatic carbocycles. The second-order valence-electron chi connectivity index (χ2n) is 10.1. The van der Waals surface area contributed by atoms with Gasteiger partial charge in [0, 0.05) is 17.6 Å². The molecule has 1 unspecified atom stereocenters. The Bertz CT molecular complexity index is 1450. The number of ether oxygens (including phenoxy) is 2. The minimum atomic E-state index is -0.921. The van der Waals surface area contributed by atoms with Crippen LogP contribution in [0.3, 0.4) is 0 Å². The van der Waals surface area contributed by atoms with Gasteiger partial charge < -0.3 is 19.7 Å². The monoisotopic (exact) mass is 570 g/mol. The fraction of sp³-hybridized carbons (Fsp3) is 0.235. The summed E-state index contributed by atoms with van der Waals surface area (Å²) in [6, 6.07) is 29.0. The van der Waals surface area contributed by atoms with Gasteiger partial charge in [0.05, 0.1) is 26.3 Å². The molecule has 0 saturated heterocycles. The zero-order valence-electron chi connectivity index (χ0n) is 23.8.